The molecular formula is C14H16N2O. The van der Waals surface area contributed by atoms with Crippen LogP contribution in [0.3, 0.4) is 0 Å². The summed E-state index contributed by atoms with van der Waals surface area (Å²) in [7, 11) is 1.77. The van der Waals surface area contributed by atoms with E-state index in [2.05, 4.69) is 18.2 Å². The van der Waals surface area contributed by atoms with Crippen molar-refractivity contribution in [2.75, 3.05) is 13.6 Å². The molecule has 2 aromatic rings. The van der Waals surface area contributed by atoms with E-state index in [4.69, 9.17) is 5.73 Å². The number of carbonyl (C=O) groups is 1. The van der Waals surface area contributed by atoms with Gasteiger partial charge in [-0.3, -0.25) is 4.79 Å². The maximum atomic E-state index is 11.5. The summed E-state index contributed by atoms with van der Waals surface area (Å²) in [5.74, 6) is -0.0436. The summed E-state index contributed by atoms with van der Waals surface area (Å²) in [6, 6.07) is 14.3. The summed E-state index contributed by atoms with van der Waals surface area (Å²) >= 11 is 0. The molecule has 0 heterocycles. The van der Waals surface area contributed by atoms with E-state index in [0.29, 0.717) is 6.54 Å². The van der Waals surface area contributed by atoms with Gasteiger partial charge in [-0.05, 0) is 16.3 Å². The first-order valence-electron chi connectivity index (χ1n) is 5.63. The van der Waals surface area contributed by atoms with Crippen LogP contribution in [-0.4, -0.2) is 24.4 Å². The molecule has 3 nitrogen and oxygen atoms in total. The van der Waals surface area contributed by atoms with Crippen LogP contribution in [0.5, 0.6) is 0 Å². The van der Waals surface area contributed by atoms with E-state index < -0.39 is 0 Å². The van der Waals surface area contributed by atoms with Crippen LogP contribution in [0.4, 0.5) is 0 Å². The molecule has 2 aromatic carbocycles. The summed E-state index contributed by atoms with van der Waals surface area (Å²) in [4.78, 5) is 13.1. The Morgan fingerprint density at radius 1 is 1.18 bits per heavy atom. The molecule has 17 heavy (non-hydrogen) atoms. The van der Waals surface area contributed by atoms with Gasteiger partial charge in [0.2, 0.25) is 5.91 Å². The van der Waals surface area contributed by atoms with Crippen LogP contribution in [0.2, 0.25) is 0 Å². The van der Waals surface area contributed by atoms with Crippen LogP contribution < -0.4 is 5.73 Å². The lowest BCUT2D eigenvalue weighted by Crippen LogP contribution is -2.32. The summed E-state index contributed by atoms with van der Waals surface area (Å²) in [6.07, 6.45) is 0. The standard InChI is InChI=1S/C14H16N2O/c1-16(14(17)9-15)10-12-7-4-6-11-5-2-3-8-13(11)12/h2-8H,9-10,15H2,1H3. The molecule has 3 heteroatoms. The van der Waals surface area contributed by atoms with Crippen LogP contribution >= 0.6 is 0 Å². The largest absolute Gasteiger partial charge is 0.340 e. The summed E-state index contributed by atoms with van der Waals surface area (Å²) in [5, 5.41) is 2.38. The Kier molecular flexibility index (Phi) is 3.40. The average Bonchev–Trinajstić information content (AvgIpc) is 2.38. The molecule has 88 valence electrons. The topological polar surface area (TPSA) is 46.3 Å². The van der Waals surface area contributed by atoms with Crippen molar-refractivity contribution in [3.8, 4) is 0 Å². The van der Waals surface area contributed by atoms with Crippen molar-refractivity contribution in [3.63, 3.8) is 0 Å². The predicted molar refractivity (Wildman–Crippen MR) is 69.5 cm³/mol. The van der Waals surface area contributed by atoms with Gasteiger partial charge in [0.25, 0.3) is 0 Å². The van der Waals surface area contributed by atoms with Crippen LogP contribution in [0.15, 0.2) is 42.5 Å². The third kappa shape index (κ3) is 2.45. The van der Waals surface area contributed by atoms with Gasteiger partial charge in [0, 0.05) is 13.6 Å². The average molecular weight is 228 g/mol. The number of hydrogen-bond acceptors (Lipinski definition) is 2. The van der Waals surface area contributed by atoms with Crippen molar-refractivity contribution in [1.82, 2.24) is 4.90 Å². The third-order valence-electron chi connectivity index (χ3n) is 2.89. The number of amides is 1. The number of benzene rings is 2. The lowest BCUT2D eigenvalue weighted by molar-refractivity contribution is -0.128. The summed E-state index contributed by atoms with van der Waals surface area (Å²) in [6.45, 7) is 0.651. The molecule has 0 unspecified atom stereocenters. The second-order valence-electron chi connectivity index (χ2n) is 4.09. The number of nitrogens with two attached hydrogens (primary N) is 1. The molecule has 0 aromatic heterocycles. The van der Waals surface area contributed by atoms with E-state index >= 15 is 0 Å². The monoisotopic (exact) mass is 228 g/mol. The van der Waals surface area contributed by atoms with Crippen molar-refractivity contribution < 1.29 is 4.79 Å². The second-order valence-corrected chi connectivity index (χ2v) is 4.09. The molecule has 0 aliphatic heterocycles. The van der Waals surface area contributed by atoms with E-state index in [0.717, 1.165) is 5.56 Å². The van der Waals surface area contributed by atoms with Crippen LogP contribution in [-0.2, 0) is 11.3 Å². The van der Waals surface area contributed by atoms with Gasteiger partial charge in [-0.25, -0.2) is 0 Å². The molecule has 0 aliphatic rings. The number of nitrogens with zero attached hydrogens (tertiary/aromatic N) is 1. The highest BCUT2D eigenvalue weighted by atomic mass is 16.2. The first-order valence-corrected chi connectivity index (χ1v) is 5.63. The molecule has 0 atom stereocenters. The molecule has 0 saturated carbocycles. The highest BCUT2D eigenvalue weighted by Gasteiger charge is 2.08. The van der Waals surface area contributed by atoms with Gasteiger partial charge < -0.3 is 10.6 Å². The second kappa shape index (κ2) is 4.97. The predicted octanol–water partition coefficient (Wildman–Crippen LogP) is 1.76. The van der Waals surface area contributed by atoms with Crippen LogP contribution in [0.25, 0.3) is 10.8 Å². The van der Waals surface area contributed by atoms with Gasteiger partial charge in [0.1, 0.15) is 0 Å². The minimum Gasteiger partial charge on any atom is -0.340 e. The number of hydrogen-bond donors (Lipinski definition) is 1. The molecular weight excluding hydrogens is 212 g/mol. The first-order chi connectivity index (χ1) is 8.22. The zero-order chi connectivity index (χ0) is 12.3. The summed E-state index contributed by atoms with van der Waals surface area (Å²) in [5.41, 5.74) is 6.49. The molecule has 0 aliphatic carbocycles. The van der Waals surface area contributed by atoms with E-state index in [-0.39, 0.29) is 12.5 Å². The van der Waals surface area contributed by atoms with E-state index in [9.17, 15) is 4.79 Å². The first kappa shape index (κ1) is 11.6. The van der Waals surface area contributed by atoms with Gasteiger partial charge in [-0.1, -0.05) is 42.5 Å². The molecule has 2 N–H and O–H groups in total. The van der Waals surface area contributed by atoms with E-state index in [1.54, 1.807) is 11.9 Å². The quantitative estimate of drug-likeness (QED) is 0.870. The van der Waals surface area contributed by atoms with Crippen molar-refractivity contribution >= 4 is 16.7 Å². The highest BCUT2D eigenvalue weighted by Crippen LogP contribution is 2.19. The van der Waals surface area contributed by atoms with E-state index in [1.165, 1.54) is 10.8 Å². The maximum Gasteiger partial charge on any atom is 0.236 e. The number of likely N-dealkylation sites (N-methyl/N-ethyl adjacent to an activating group) is 1. The Hall–Kier alpha value is -1.87. The lowest BCUT2D eigenvalue weighted by Gasteiger charge is -2.17. The normalized spacial score (nSPS) is 10.5. The zero-order valence-electron chi connectivity index (χ0n) is 9.89. The van der Waals surface area contributed by atoms with Gasteiger partial charge in [0.05, 0.1) is 6.54 Å². The number of carbonyl (C=O) groups excluding carboxylic acids is 1. The lowest BCUT2D eigenvalue weighted by atomic mass is 10.0. The molecule has 0 spiro atoms. The fourth-order valence-corrected chi connectivity index (χ4v) is 1.93. The molecule has 2 rings (SSSR count). The van der Waals surface area contributed by atoms with Gasteiger partial charge in [-0.15, -0.1) is 0 Å². The maximum absolute atomic E-state index is 11.5. The molecule has 0 fully saturated rings. The van der Waals surface area contributed by atoms with Crippen molar-refractivity contribution in [3.05, 3.63) is 48.0 Å². The molecule has 0 radical (unpaired) electrons. The minimum atomic E-state index is -0.0436. The van der Waals surface area contributed by atoms with Gasteiger partial charge in [0.15, 0.2) is 0 Å². The Labute approximate surface area is 101 Å². The molecule has 1 amide bonds. The smallest absolute Gasteiger partial charge is 0.236 e. The van der Waals surface area contributed by atoms with Crippen molar-refractivity contribution in [2.45, 2.75) is 6.54 Å². The zero-order valence-corrected chi connectivity index (χ0v) is 9.89. The number of rotatable bonds is 3. The number of fused-ring (bicyclic) bond motifs is 1. The van der Waals surface area contributed by atoms with Crippen molar-refractivity contribution in [2.24, 2.45) is 5.73 Å². The van der Waals surface area contributed by atoms with Crippen LogP contribution in [0.1, 0.15) is 5.56 Å². The fraction of sp³-hybridized carbons (Fsp3) is 0.214. The van der Waals surface area contributed by atoms with Crippen LogP contribution in [0, 0.1) is 0 Å². The molecule has 0 saturated heterocycles. The summed E-state index contributed by atoms with van der Waals surface area (Å²) < 4.78 is 0. The Morgan fingerprint density at radius 2 is 1.88 bits per heavy atom. The Morgan fingerprint density at radius 3 is 2.65 bits per heavy atom. The van der Waals surface area contributed by atoms with Gasteiger partial charge >= 0.3 is 0 Å². The third-order valence-corrected chi connectivity index (χ3v) is 2.89. The Balaban J connectivity index is 2.33. The Bertz CT molecular complexity index is 531. The molecule has 0 bridgehead atoms. The fourth-order valence-electron chi connectivity index (χ4n) is 1.93. The highest BCUT2D eigenvalue weighted by molar-refractivity contribution is 5.86. The SMILES string of the molecule is CN(Cc1cccc2ccccc12)C(=O)CN. The van der Waals surface area contributed by atoms with E-state index in [1.807, 2.05) is 24.3 Å². The van der Waals surface area contributed by atoms with Gasteiger partial charge in [-0.2, -0.15) is 0 Å². The minimum absolute atomic E-state index is 0.0436. The van der Waals surface area contributed by atoms with Crippen molar-refractivity contribution in [1.29, 1.82) is 0 Å².